The summed E-state index contributed by atoms with van der Waals surface area (Å²) in [7, 11) is 0. The topological polar surface area (TPSA) is 53.9 Å². The van der Waals surface area contributed by atoms with Gasteiger partial charge in [-0.1, -0.05) is 24.3 Å². The third kappa shape index (κ3) is 4.14. The maximum absolute atomic E-state index is 4.82. The Hall–Kier alpha value is -2.79. The van der Waals surface area contributed by atoms with Gasteiger partial charge in [0.15, 0.2) is 0 Å². The van der Waals surface area contributed by atoms with Gasteiger partial charge in [0.25, 0.3) is 0 Å². The highest BCUT2D eigenvalue weighted by Gasteiger charge is 2.27. The number of hydrogen-bond acceptors (Lipinski definition) is 5. The van der Waals surface area contributed by atoms with Crippen molar-refractivity contribution in [3.05, 3.63) is 77.4 Å². The molecule has 3 heterocycles. The number of aryl methyl sites for hydroxylation is 2. The summed E-state index contributed by atoms with van der Waals surface area (Å²) in [6, 6.07) is 12.8. The highest BCUT2D eigenvalue weighted by Crippen LogP contribution is 2.32. The molecule has 1 atom stereocenters. The van der Waals surface area contributed by atoms with Gasteiger partial charge in [-0.25, -0.2) is 9.97 Å². The zero-order valence-electron chi connectivity index (χ0n) is 15.9. The summed E-state index contributed by atoms with van der Waals surface area (Å²) in [6.07, 6.45) is 7.72. The molecule has 0 radical (unpaired) electrons. The van der Waals surface area contributed by atoms with Crippen LogP contribution >= 0.6 is 0 Å². The van der Waals surface area contributed by atoms with Crippen LogP contribution in [0, 0.1) is 13.8 Å². The van der Waals surface area contributed by atoms with Crippen LogP contribution in [0.1, 0.15) is 41.3 Å². The van der Waals surface area contributed by atoms with Gasteiger partial charge in [-0.15, -0.1) is 0 Å². The summed E-state index contributed by atoms with van der Waals surface area (Å²) in [6.45, 7) is 6.38. The van der Waals surface area contributed by atoms with Gasteiger partial charge < -0.3 is 5.32 Å². The number of benzene rings is 1. The van der Waals surface area contributed by atoms with Crippen molar-refractivity contribution in [2.24, 2.45) is 0 Å². The fourth-order valence-corrected chi connectivity index (χ4v) is 3.66. The Kier molecular flexibility index (Phi) is 5.12. The summed E-state index contributed by atoms with van der Waals surface area (Å²) >= 11 is 0. The predicted octanol–water partition coefficient (Wildman–Crippen LogP) is 4.57. The third-order valence-electron chi connectivity index (χ3n) is 5.24. The molecule has 0 saturated carbocycles. The zero-order chi connectivity index (χ0) is 18.6. The van der Waals surface area contributed by atoms with Gasteiger partial charge in [0, 0.05) is 12.7 Å². The maximum Gasteiger partial charge on any atom is 0.150 e. The summed E-state index contributed by atoms with van der Waals surface area (Å²) in [4.78, 5) is 16.0. The van der Waals surface area contributed by atoms with Gasteiger partial charge in [0.1, 0.15) is 11.6 Å². The lowest BCUT2D eigenvalue weighted by atomic mass is 10.1. The molecule has 1 fully saturated rings. The first kappa shape index (κ1) is 17.6. The van der Waals surface area contributed by atoms with E-state index < -0.39 is 0 Å². The standard InChI is InChI=1S/C22H25N5/c1-16-8-9-18(12-17(16)2)15-27-11-5-6-20(27)19-13-23-14-22(25-19)26-21-7-3-4-10-24-21/h3-4,7-10,12-14,20H,5-6,11,15H2,1-2H3,(H,24,25,26)/t20-/m1/s1. The number of hydrogen-bond donors (Lipinski definition) is 1. The van der Waals surface area contributed by atoms with Gasteiger partial charge >= 0.3 is 0 Å². The number of pyridine rings is 1. The van der Waals surface area contributed by atoms with Crippen molar-refractivity contribution in [2.45, 2.75) is 39.3 Å². The first-order valence-electron chi connectivity index (χ1n) is 9.49. The van der Waals surface area contributed by atoms with Crippen LogP contribution in [-0.2, 0) is 6.54 Å². The molecular formula is C22H25N5. The number of nitrogens with one attached hydrogen (secondary N) is 1. The van der Waals surface area contributed by atoms with Crippen LogP contribution in [0.3, 0.4) is 0 Å². The van der Waals surface area contributed by atoms with E-state index in [9.17, 15) is 0 Å². The van der Waals surface area contributed by atoms with E-state index in [-0.39, 0.29) is 0 Å². The molecule has 1 aromatic carbocycles. The van der Waals surface area contributed by atoms with E-state index in [0.717, 1.165) is 36.8 Å². The number of aromatic nitrogens is 3. The second-order valence-corrected chi connectivity index (χ2v) is 7.22. The molecule has 138 valence electrons. The molecule has 27 heavy (non-hydrogen) atoms. The quantitative estimate of drug-likeness (QED) is 0.723. The largest absolute Gasteiger partial charge is 0.324 e. The van der Waals surface area contributed by atoms with E-state index >= 15 is 0 Å². The van der Waals surface area contributed by atoms with E-state index in [4.69, 9.17) is 4.98 Å². The Labute approximate surface area is 160 Å². The molecule has 1 aliphatic heterocycles. The molecule has 0 aliphatic carbocycles. The first-order chi connectivity index (χ1) is 13.2. The van der Waals surface area contributed by atoms with Crippen LogP contribution < -0.4 is 5.32 Å². The average Bonchev–Trinajstić information content (AvgIpc) is 3.14. The van der Waals surface area contributed by atoms with Gasteiger partial charge in [-0.2, -0.15) is 0 Å². The minimum atomic E-state index is 0.310. The molecule has 4 rings (SSSR count). The number of rotatable bonds is 5. The smallest absolute Gasteiger partial charge is 0.150 e. The molecular weight excluding hydrogens is 334 g/mol. The predicted molar refractivity (Wildman–Crippen MR) is 108 cm³/mol. The van der Waals surface area contributed by atoms with Crippen molar-refractivity contribution >= 4 is 11.6 Å². The first-order valence-corrected chi connectivity index (χ1v) is 9.49. The Morgan fingerprint density at radius 1 is 1.07 bits per heavy atom. The summed E-state index contributed by atoms with van der Waals surface area (Å²) in [5.74, 6) is 1.52. The lowest BCUT2D eigenvalue weighted by Crippen LogP contribution is -2.23. The molecule has 1 aliphatic rings. The third-order valence-corrected chi connectivity index (χ3v) is 5.24. The van der Waals surface area contributed by atoms with Crippen molar-refractivity contribution < 1.29 is 0 Å². The monoisotopic (exact) mass is 359 g/mol. The molecule has 0 bridgehead atoms. The summed E-state index contributed by atoms with van der Waals surface area (Å²) in [5.41, 5.74) is 5.08. The molecule has 0 unspecified atom stereocenters. The van der Waals surface area contributed by atoms with Gasteiger partial charge in [0.2, 0.25) is 0 Å². The molecule has 5 heteroatoms. The molecule has 1 N–H and O–H groups in total. The van der Waals surface area contributed by atoms with Crippen LogP contribution in [0.15, 0.2) is 55.0 Å². The van der Waals surface area contributed by atoms with Crippen molar-refractivity contribution in [3.63, 3.8) is 0 Å². The number of likely N-dealkylation sites (tertiary alicyclic amines) is 1. The zero-order valence-corrected chi connectivity index (χ0v) is 15.9. The fraction of sp³-hybridized carbons (Fsp3) is 0.318. The molecule has 5 nitrogen and oxygen atoms in total. The molecule has 1 saturated heterocycles. The highest BCUT2D eigenvalue weighted by atomic mass is 15.2. The van der Waals surface area contributed by atoms with Crippen molar-refractivity contribution in [3.8, 4) is 0 Å². The molecule has 2 aromatic heterocycles. The lowest BCUT2D eigenvalue weighted by Gasteiger charge is -2.24. The van der Waals surface area contributed by atoms with Gasteiger partial charge in [-0.05, 0) is 62.1 Å². The highest BCUT2D eigenvalue weighted by molar-refractivity contribution is 5.50. The van der Waals surface area contributed by atoms with Gasteiger partial charge in [-0.3, -0.25) is 9.88 Å². The fourth-order valence-electron chi connectivity index (χ4n) is 3.66. The van der Waals surface area contributed by atoms with E-state index in [1.165, 1.54) is 23.1 Å². The van der Waals surface area contributed by atoms with E-state index in [0.29, 0.717) is 6.04 Å². The minimum absolute atomic E-state index is 0.310. The van der Waals surface area contributed by atoms with Crippen molar-refractivity contribution in [1.82, 2.24) is 19.9 Å². The number of anilines is 2. The van der Waals surface area contributed by atoms with E-state index in [2.05, 4.69) is 52.2 Å². The van der Waals surface area contributed by atoms with Crippen LogP contribution in [0.2, 0.25) is 0 Å². The van der Waals surface area contributed by atoms with Crippen molar-refractivity contribution in [2.75, 3.05) is 11.9 Å². The Balaban J connectivity index is 1.51. The lowest BCUT2D eigenvalue weighted by molar-refractivity contribution is 0.244. The second kappa shape index (κ2) is 7.84. The summed E-state index contributed by atoms with van der Waals surface area (Å²) in [5, 5.41) is 3.24. The molecule has 3 aromatic rings. The Bertz CT molecular complexity index is 910. The Morgan fingerprint density at radius 2 is 2.00 bits per heavy atom. The molecule has 0 spiro atoms. The van der Waals surface area contributed by atoms with Crippen LogP contribution in [0.4, 0.5) is 11.6 Å². The van der Waals surface area contributed by atoms with Gasteiger partial charge in [0.05, 0.1) is 24.1 Å². The summed E-state index contributed by atoms with van der Waals surface area (Å²) < 4.78 is 0. The normalized spacial score (nSPS) is 17.2. The van der Waals surface area contributed by atoms with Crippen molar-refractivity contribution in [1.29, 1.82) is 0 Å². The van der Waals surface area contributed by atoms with E-state index in [1.54, 1.807) is 12.4 Å². The SMILES string of the molecule is Cc1ccc(CN2CCC[C@@H]2c2cncc(Nc3ccccn3)n2)cc1C. The number of nitrogens with zero attached hydrogens (tertiary/aromatic N) is 4. The van der Waals surface area contributed by atoms with E-state index in [1.807, 2.05) is 24.4 Å². The van der Waals surface area contributed by atoms with Crippen LogP contribution in [-0.4, -0.2) is 26.4 Å². The maximum atomic E-state index is 4.82. The van der Waals surface area contributed by atoms with Crippen LogP contribution in [0.25, 0.3) is 0 Å². The minimum Gasteiger partial charge on any atom is -0.324 e. The Morgan fingerprint density at radius 3 is 2.81 bits per heavy atom. The van der Waals surface area contributed by atoms with Crippen LogP contribution in [0.5, 0.6) is 0 Å². The second-order valence-electron chi connectivity index (χ2n) is 7.22. The molecule has 0 amide bonds. The average molecular weight is 359 g/mol.